The van der Waals surface area contributed by atoms with E-state index in [0.29, 0.717) is 30.7 Å². The Bertz CT molecular complexity index is 485. The van der Waals surface area contributed by atoms with Gasteiger partial charge in [-0.25, -0.2) is 0 Å². The van der Waals surface area contributed by atoms with E-state index in [-0.39, 0.29) is 36.0 Å². The summed E-state index contributed by atoms with van der Waals surface area (Å²) >= 11 is 0. The molecule has 0 aromatic rings. The van der Waals surface area contributed by atoms with Gasteiger partial charge in [0.25, 0.3) is 0 Å². The Kier molecular flexibility index (Phi) is 5.48. The van der Waals surface area contributed by atoms with Crippen molar-refractivity contribution in [2.75, 3.05) is 13.7 Å². The molecule has 0 aromatic heterocycles. The van der Waals surface area contributed by atoms with Gasteiger partial charge in [-0.15, -0.1) is 0 Å². The summed E-state index contributed by atoms with van der Waals surface area (Å²) in [6.45, 7) is 8.60. The van der Waals surface area contributed by atoms with Crippen LogP contribution in [-0.2, 0) is 19.1 Å². The topological polar surface area (TPSA) is 63.7 Å². The lowest BCUT2D eigenvalue weighted by molar-refractivity contribution is -0.150. The van der Waals surface area contributed by atoms with Gasteiger partial charge in [0.05, 0.1) is 25.5 Å². The Morgan fingerprint density at radius 3 is 2.30 bits per heavy atom. The molecule has 1 heterocycles. The van der Waals surface area contributed by atoms with E-state index in [4.69, 9.17) is 4.74 Å². The van der Waals surface area contributed by atoms with E-state index in [9.17, 15) is 14.4 Å². The minimum absolute atomic E-state index is 0.0411. The van der Waals surface area contributed by atoms with Gasteiger partial charge in [-0.1, -0.05) is 27.7 Å². The van der Waals surface area contributed by atoms with Crippen LogP contribution in [0.25, 0.3) is 0 Å². The Morgan fingerprint density at radius 2 is 1.78 bits per heavy atom. The number of carbonyl (C=O) groups excluding carboxylic acids is 3. The van der Waals surface area contributed by atoms with Crippen LogP contribution >= 0.6 is 0 Å². The highest BCUT2D eigenvalue weighted by atomic mass is 16.5. The minimum atomic E-state index is -0.408. The molecule has 23 heavy (non-hydrogen) atoms. The van der Waals surface area contributed by atoms with Crippen molar-refractivity contribution in [2.45, 2.75) is 53.0 Å². The lowest BCUT2D eigenvalue weighted by atomic mass is 9.90. The van der Waals surface area contributed by atoms with Gasteiger partial charge in [0.15, 0.2) is 5.78 Å². The average Bonchev–Trinajstić information content (AvgIpc) is 3.12. The second-order valence-electron chi connectivity index (χ2n) is 7.79. The third-order valence-electron chi connectivity index (χ3n) is 5.11. The average molecular weight is 323 g/mol. The summed E-state index contributed by atoms with van der Waals surface area (Å²) in [7, 11) is 1.34. The maximum Gasteiger partial charge on any atom is 0.306 e. The fourth-order valence-corrected chi connectivity index (χ4v) is 3.71. The van der Waals surface area contributed by atoms with Gasteiger partial charge in [0, 0.05) is 13.0 Å². The first-order valence-corrected chi connectivity index (χ1v) is 8.66. The van der Waals surface area contributed by atoms with Crippen molar-refractivity contribution in [1.29, 1.82) is 0 Å². The van der Waals surface area contributed by atoms with Crippen molar-refractivity contribution in [3.05, 3.63) is 0 Å². The number of rotatable bonds is 7. The molecule has 1 amide bonds. The predicted molar refractivity (Wildman–Crippen MR) is 86.5 cm³/mol. The van der Waals surface area contributed by atoms with Gasteiger partial charge in [0.2, 0.25) is 5.91 Å². The van der Waals surface area contributed by atoms with Gasteiger partial charge < -0.3 is 9.64 Å². The summed E-state index contributed by atoms with van der Waals surface area (Å²) in [5, 5.41) is 0. The molecule has 1 saturated carbocycles. The summed E-state index contributed by atoms with van der Waals surface area (Å²) < 4.78 is 4.72. The molecule has 130 valence electrons. The van der Waals surface area contributed by atoms with Crippen molar-refractivity contribution in [2.24, 2.45) is 29.6 Å². The molecule has 4 unspecified atom stereocenters. The fourth-order valence-electron chi connectivity index (χ4n) is 3.71. The summed E-state index contributed by atoms with van der Waals surface area (Å²) in [5.74, 6) is 0.508. The van der Waals surface area contributed by atoms with E-state index < -0.39 is 5.92 Å². The quantitative estimate of drug-likeness (QED) is 0.674. The van der Waals surface area contributed by atoms with Gasteiger partial charge in [-0.05, 0) is 30.1 Å². The van der Waals surface area contributed by atoms with E-state index in [1.54, 1.807) is 4.90 Å². The molecule has 1 saturated heterocycles. The SMILES string of the molecule is COC(=O)CC(C(=O)N1CC2CC2C1C(=O)CC(C)C)C(C)C. The number of Topliss-reactive ketones (excluding diaryl/α,β-unsaturated/α-hetero) is 1. The Hall–Kier alpha value is -1.39. The van der Waals surface area contributed by atoms with Crippen LogP contribution in [0.3, 0.4) is 0 Å². The number of likely N-dealkylation sites (tertiary alicyclic amines) is 1. The smallest absolute Gasteiger partial charge is 0.306 e. The van der Waals surface area contributed by atoms with Crippen LogP contribution < -0.4 is 0 Å². The number of nitrogens with zero attached hydrogens (tertiary/aromatic N) is 1. The van der Waals surface area contributed by atoms with Crippen LogP contribution in [-0.4, -0.2) is 42.3 Å². The number of fused-ring (bicyclic) bond motifs is 1. The van der Waals surface area contributed by atoms with Crippen LogP contribution in [0.5, 0.6) is 0 Å². The number of hydrogen-bond donors (Lipinski definition) is 0. The lowest BCUT2D eigenvalue weighted by Crippen LogP contribution is -2.47. The maximum atomic E-state index is 13.0. The van der Waals surface area contributed by atoms with Gasteiger partial charge in [-0.3, -0.25) is 14.4 Å². The Morgan fingerprint density at radius 1 is 1.13 bits per heavy atom. The number of amides is 1. The summed E-state index contributed by atoms with van der Waals surface area (Å²) in [4.78, 5) is 38.9. The zero-order chi connectivity index (χ0) is 17.3. The normalized spacial score (nSPS) is 27.1. The first kappa shape index (κ1) is 18.0. The molecule has 2 fully saturated rings. The molecule has 5 heteroatoms. The van der Waals surface area contributed by atoms with E-state index in [1.165, 1.54) is 7.11 Å². The predicted octanol–water partition coefficient (Wildman–Crippen LogP) is 2.28. The zero-order valence-electron chi connectivity index (χ0n) is 14.9. The molecule has 1 aliphatic carbocycles. The van der Waals surface area contributed by atoms with Crippen molar-refractivity contribution < 1.29 is 19.1 Å². The maximum absolute atomic E-state index is 13.0. The van der Waals surface area contributed by atoms with Gasteiger partial charge >= 0.3 is 5.97 Å². The largest absolute Gasteiger partial charge is 0.469 e. The number of methoxy groups -OCH3 is 1. The number of ether oxygens (including phenoxy) is 1. The van der Waals surface area contributed by atoms with Crippen LogP contribution in [0.15, 0.2) is 0 Å². The highest BCUT2D eigenvalue weighted by Crippen LogP contribution is 2.50. The molecule has 4 atom stereocenters. The number of piperidine rings is 1. The van der Waals surface area contributed by atoms with Crippen molar-refractivity contribution in [3.8, 4) is 0 Å². The molecule has 0 aromatic carbocycles. The molecule has 0 radical (unpaired) electrons. The lowest BCUT2D eigenvalue weighted by Gasteiger charge is -2.31. The van der Waals surface area contributed by atoms with Gasteiger partial charge in [0.1, 0.15) is 0 Å². The summed E-state index contributed by atoms with van der Waals surface area (Å²) in [6, 6.07) is -0.270. The third-order valence-corrected chi connectivity index (χ3v) is 5.11. The standard InChI is InChI=1S/C18H29NO4/c1-10(2)6-15(20)17-14-7-12(14)9-19(17)18(22)13(11(3)4)8-16(21)23-5/h10-14,17H,6-9H2,1-5H3. The van der Waals surface area contributed by atoms with E-state index in [0.717, 1.165) is 6.42 Å². The van der Waals surface area contributed by atoms with Crippen molar-refractivity contribution in [3.63, 3.8) is 0 Å². The number of esters is 1. The van der Waals surface area contributed by atoms with Crippen LogP contribution in [0.2, 0.25) is 0 Å². The summed E-state index contributed by atoms with van der Waals surface area (Å²) in [6.07, 6.45) is 1.66. The number of ketones is 1. The molecular formula is C18H29NO4. The number of hydrogen-bond acceptors (Lipinski definition) is 4. The third kappa shape index (κ3) is 3.93. The Balaban J connectivity index is 2.12. The first-order chi connectivity index (χ1) is 10.8. The molecular weight excluding hydrogens is 294 g/mol. The molecule has 2 aliphatic rings. The van der Waals surface area contributed by atoms with Crippen molar-refractivity contribution in [1.82, 2.24) is 4.90 Å². The van der Waals surface area contributed by atoms with E-state index in [2.05, 4.69) is 0 Å². The summed E-state index contributed by atoms with van der Waals surface area (Å²) in [5.41, 5.74) is 0. The van der Waals surface area contributed by atoms with Crippen molar-refractivity contribution >= 4 is 17.7 Å². The fraction of sp³-hybridized carbons (Fsp3) is 0.833. The molecule has 0 N–H and O–H groups in total. The monoisotopic (exact) mass is 323 g/mol. The van der Waals surface area contributed by atoms with E-state index >= 15 is 0 Å². The molecule has 0 bridgehead atoms. The minimum Gasteiger partial charge on any atom is -0.469 e. The first-order valence-electron chi connectivity index (χ1n) is 8.66. The van der Waals surface area contributed by atoms with Crippen LogP contribution in [0.1, 0.15) is 47.0 Å². The molecule has 0 spiro atoms. The van der Waals surface area contributed by atoms with Crippen LogP contribution in [0, 0.1) is 29.6 Å². The highest BCUT2D eigenvalue weighted by Gasteiger charge is 2.57. The Labute approximate surface area is 138 Å². The van der Waals surface area contributed by atoms with Crippen LogP contribution in [0.4, 0.5) is 0 Å². The van der Waals surface area contributed by atoms with E-state index in [1.807, 2.05) is 27.7 Å². The molecule has 2 rings (SSSR count). The highest BCUT2D eigenvalue weighted by molar-refractivity contribution is 5.92. The molecule has 1 aliphatic heterocycles. The molecule has 5 nitrogen and oxygen atoms in total. The number of carbonyl (C=O) groups is 3. The van der Waals surface area contributed by atoms with Gasteiger partial charge in [-0.2, -0.15) is 0 Å². The second-order valence-corrected chi connectivity index (χ2v) is 7.79. The second kappa shape index (κ2) is 7.02. The zero-order valence-corrected chi connectivity index (χ0v) is 14.9.